The summed E-state index contributed by atoms with van der Waals surface area (Å²) >= 11 is 3.77. The van der Waals surface area contributed by atoms with Gasteiger partial charge in [-0.25, -0.2) is 0 Å². The van der Waals surface area contributed by atoms with E-state index in [9.17, 15) is 0 Å². The van der Waals surface area contributed by atoms with Gasteiger partial charge in [-0.2, -0.15) is 0 Å². The van der Waals surface area contributed by atoms with Gasteiger partial charge in [0.2, 0.25) is 0 Å². The zero-order valence-electron chi connectivity index (χ0n) is 29.1. The first-order valence-corrected chi connectivity index (χ1v) is 19.8. The van der Waals surface area contributed by atoms with Crippen LogP contribution in [-0.2, 0) is 0 Å². The molecule has 0 amide bonds. The molecule has 0 saturated heterocycles. The van der Waals surface area contributed by atoms with E-state index in [1.54, 1.807) is 0 Å². The van der Waals surface area contributed by atoms with Crippen LogP contribution in [0.2, 0.25) is 0 Å². The van der Waals surface area contributed by atoms with Crippen LogP contribution in [0.3, 0.4) is 0 Å². The van der Waals surface area contributed by atoms with Crippen molar-refractivity contribution in [1.82, 2.24) is 0 Å². The summed E-state index contributed by atoms with van der Waals surface area (Å²) in [4.78, 5) is 2.66. The van der Waals surface area contributed by atoms with E-state index in [-0.39, 0.29) is 0 Å². The lowest BCUT2D eigenvalue weighted by Gasteiger charge is -2.17. The van der Waals surface area contributed by atoms with Crippen molar-refractivity contribution in [1.29, 1.82) is 0 Å². The molecule has 2 aromatic heterocycles. The second kappa shape index (κ2) is 12.0. The second-order valence-electron chi connectivity index (χ2n) is 14.0. The first kappa shape index (κ1) is 30.6. The number of thiophene rings is 2. The maximum Gasteiger partial charge on any atom is 0.0361 e. The number of rotatable bonds is 4. The Bertz CT molecular complexity index is 3120. The average molecular weight is 709 g/mol. The van der Waals surface area contributed by atoms with E-state index >= 15 is 0 Å². The van der Waals surface area contributed by atoms with Crippen molar-refractivity contribution in [2.75, 3.05) is 0 Å². The van der Waals surface area contributed by atoms with E-state index in [1.807, 2.05) is 22.7 Å². The van der Waals surface area contributed by atoms with E-state index in [4.69, 9.17) is 0 Å². The molecule has 0 aliphatic carbocycles. The minimum absolute atomic E-state index is 1.25. The molecule has 2 heterocycles. The van der Waals surface area contributed by atoms with Crippen molar-refractivity contribution < 1.29 is 0 Å². The van der Waals surface area contributed by atoms with Gasteiger partial charge in [-0.05, 0) is 114 Å². The highest BCUT2D eigenvalue weighted by atomic mass is 32.1. The van der Waals surface area contributed by atoms with E-state index in [0.717, 1.165) is 0 Å². The Morgan fingerprint density at radius 2 is 0.736 bits per heavy atom. The fourth-order valence-corrected chi connectivity index (χ4v) is 10.8. The standard InChI is InChI=1S/C51H32S2/c1-31-23-27-46(52-31)51-42-21-11-9-19-40(42)50(41-20-10-12-22-43(41)51)34-24-26-35-44-29-33(25-28-45(44)53-47(35)30-34)49-38-17-7-5-15-36(38)48(32-13-3-2-4-14-32)37-16-6-8-18-39(37)49/h2-30H,1H3. The highest BCUT2D eigenvalue weighted by Gasteiger charge is 2.20. The highest BCUT2D eigenvalue weighted by Crippen LogP contribution is 2.48. The van der Waals surface area contributed by atoms with Gasteiger partial charge in [-0.15, -0.1) is 22.7 Å². The largest absolute Gasteiger partial charge is 0.141 e. The fraction of sp³-hybridized carbons (Fsp3) is 0.0196. The molecule has 2 heteroatoms. The molecular formula is C51H32S2. The molecule has 11 aromatic rings. The van der Waals surface area contributed by atoms with Gasteiger partial charge in [0, 0.05) is 35.5 Å². The van der Waals surface area contributed by atoms with Crippen LogP contribution in [0.5, 0.6) is 0 Å². The Hall–Kier alpha value is -6.06. The molecule has 0 aliphatic heterocycles. The lowest BCUT2D eigenvalue weighted by molar-refractivity contribution is 1.64. The predicted octanol–water partition coefficient (Wildman–Crippen LogP) is 15.7. The van der Waals surface area contributed by atoms with Crippen molar-refractivity contribution in [3.05, 3.63) is 181 Å². The summed E-state index contributed by atoms with van der Waals surface area (Å²) in [6.45, 7) is 2.20. The molecule has 0 N–H and O–H groups in total. The molecule has 0 nitrogen and oxygen atoms in total. The Balaban J connectivity index is 1.13. The average Bonchev–Trinajstić information content (AvgIpc) is 3.81. The number of fused-ring (bicyclic) bond motifs is 7. The molecule has 0 aliphatic rings. The molecule has 9 aromatic carbocycles. The van der Waals surface area contributed by atoms with Crippen molar-refractivity contribution in [3.63, 3.8) is 0 Å². The molecule has 0 atom stereocenters. The van der Waals surface area contributed by atoms with Crippen LogP contribution in [-0.4, -0.2) is 0 Å². The summed E-state index contributed by atoms with van der Waals surface area (Å²) < 4.78 is 2.63. The Morgan fingerprint density at radius 3 is 1.25 bits per heavy atom. The zero-order chi connectivity index (χ0) is 35.0. The maximum atomic E-state index is 2.44. The summed E-state index contributed by atoms with van der Waals surface area (Å²) in [5, 5.41) is 13.0. The normalized spacial score (nSPS) is 11.9. The Labute approximate surface area is 315 Å². The van der Waals surface area contributed by atoms with Crippen molar-refractivity contribution in [3.8, 4) is 43.8 Å². The van der Waals surface area contributed by atoms with Gasteiger partial charge >= 0.3 is 0 Å². The zero-order valence-corrected chi connectivity index (χ0v) is 30.7. The lowest BCUT2D eigenvalue weighted by Crippen LogP contribution is -1.90. The molecule has 53 heavy (non-hydrogen) atoms. The maximum absolute atomic E-state index is 2.44. The van der Waals surface area contributed by atoms with E-state index in [1.165, 1.54) is 112 Å². The SMILES string of the molecule is Cc1ccc(-c2c3ccccc3c(-c3ccc4c(c3)sc3ccc(-c5c6ccccc6c(-c6ccccc6)c6ccccc56)cc34)c3ccccc23)s1. The molecule has 0 spiro atoms. The first-order chi connectivity index (χ1) is 26.2. The van der Waals surface area contributed by atoms with Crippen molar-refractivity contribution in [2.45, 2.75) is 6.92 Å². The van der Waals surface area contributed by atoms with Crippen molar-refractivity contribution >= 4 is 85.9 Å². The van der Waals surface area contributed by atoms with Crippen LogP contribution in [0.15, 0.2) is 176 Å². The van der Waals surface area contributed by atoms with Crippen LogP contribution in [0.25, 0.3) is 107 Å². The minimum Gasteiger partial charge on any atom is -0.141 e. The molecular weight excluding hydrogens is 677 g/mol. The van der Waals surface area contributed by atoms with Crippen molar-refractivity contribution in [2.24, 2.45) is 0 Å². The summed E-state index contributed by atoms with van der Waals surface area (Å²) in [6, 6.07) is 65.4. The third-order valence-electron chi connectivity index (χ3n) is 11.0. The van der Waals surface area contributed by atoms with Crippen LogP contribution in [0, 0.1) is 6.92 Å². The van der Waals surface area contributed by atoms with Gasteiger partial charge < -0.3 is 0 Å². The first-order valence-electron chi connectivity index (χ1n) is 18.2. The van der Waals surface area contributed by atoms with Crippen LogP contribution in [0.1, 0.15) is 4.88 Å². The molecule has 0 saturated carbocycles. The van der Waals surface area contributed by atoms with Gasteiger partial charge in [0.25, 0.3) is 0 Å². The molecule has 0 radical (unpaired) electrons. The number of hydrogen-bond donors (Lipinski definition) is 0. The van der Waals surface area contributed by atoms with Gasteiger partial charge in [0.05, 0.1) is 0 Å². The number of benzene rings is 9. The minimum atomic E-state index is 1.25. The Kier molecular flexibility index (Phi) is 6.92. The molecule has 0 fully saturated rings. The van der Waals surface area contributed by atoms with Gasteiger partial charge in [0.15, 0.2) is 0 Å². The summed E-state index contributed by atoms with van der Waals surface area (Å²) in [7, 11) is 0. The molecule has 0 unspecified atom stereocenters. The smallest absolute Gasteiger partial charge is 0.0361 e. The third kappa shape index (κ3) is 4.73. The lowest BCUT2D eigenvalue weighted by atomic mass is 9.85. The monoisotopic (exact) mass is 708 g/mol. The van der Waals surface area contributed by atoms with Crippen LogP contribution < -0.4 is 0 Å². The van der Waals surface area contributed by atoms with Gasteiger partial charge in [0.1, 0.15) is 0 Å². The predicted molar refractivity (Wildman–Crippen MR) is 234 cm³/mol. The topological polar surface area (TPSA) is 0 Å². The van der Waals surface area contributed by atoms with E-state index < -0.39 is 0 Å². The van der Waals surface area contributed by atoms with Crippen LogP contribution >= 0.6 is 22.7 Å². The number of hydrogen-bond acceptors (Lipinski definition) is 2. The van der Waals surface area contributed by atoms with Gasteiger partial charge in [-0.3, -0.25) is 0 Å². The van der Waals surface area contributed by atoms with E-state index in [0.29, 0.717) is 0 Å². The third-order valence-corrected chi connectivity index (χ3v) is 13.1. The summed E-state index contributed by atoms with van der Waals surface area (Å²) in [5.41, 5.74) is 9.01. The Morgan fingerprint density at radius 1 is 0.283 bits per heavy atom. The molecule has 0 bridgehead atoms. The fourth-order valence-electron chi connectivity index (χ4n) is 8.72. The number of aryl methyl sites for hydroxylation is 1. The molecule has 11 rings (SSSR count). The van der Waals surface area contributed by atoms with E-state index in [2.05, 4.69) is 183 Å². The second-order valence-corrected chi connectivity index (χ2v) is 16.4. The quantitative estimate of drug-likeness (QED) is 0.160. The highest BCUT2D eigenvalue weighted by molar-refractivity contribution is 7.25. The van der Waals surface area contributed by atoms with Gasteiger partial charge in [-0.1, -0.05) is 146 Å². The summed E-state index contributed by atoms with van der Waals surface area (Å²) in [5.74, 6) is 0. The summed E-state index contributed by atoms with van der Waals surface area (Å²) in [6.07, 6.45) is 0. The molecule has 248 valence electrons. The van der Waals surface area contributed by atoms with Crippen LogP contribution in [0.4, 0.5) is 0 Å².